The standard InChI is InChI=1S/C60H38N4O2/c1-3-15-37(16-4-1)61-47-23-11-7-19-41(47)45-35-39(27-29-51(45)61)63-49-25-13-9-21-43(49)57-53(63)31-33-55-59(57)65-56-34-32-54-58(60(56)66-55)44-22-10-14-26-50(44)64(54)40-28-30-52-46(36-40)42-20-8-12-24-48(42)62(52)38-17-5-2-6-18-38/h1-5,7-17,19-36H,6,18H2. The minimum atomic E-state index is 0.699. The van der Waals surface area contributed by atoms with E-state index in [-0.39, 0.29) is 0 Å². The first kappa shape index (κ1) is 35.7. The Labute approximate surface area is 378 Å². The zero-order chi connectivity index (χ0) is 43.0. The van der Waals surface area contributed by atoms with Crippen molar-refractivity contribution in [2.24, 2.45) is 0 Å². The minimum Gasteiger partial charge on any atom is -0.449 e. The molecule has 0 radical (unpaired) electrons. The summed E-state index contributed by atoms with van der Waals surface area (Å²) in [5.74, 6) is 2.86. The van der Waals surface area contributed by atoms with E-state index in [1.54, 1.807) is 0 Å². The minimum absolute atomic E-state index is 0.699. The Bertz CT molecular complexity index is 4290. The average molecular weight is 847 g/mol. The summed E-state index contributed by atoms with van der Waals surface area (Å²) in [7, 11) is 0. The van der Waals surface area contributed by atoms with Gasteiger partial charge in [-0.25, -0.2) is 0 Å². The van der Waals surface area contributed by atoms with Crippen LogP contribution < -0.4 is 9.47 Å². The molecule has 0 fully saturated rings. The summed E-state index contributed by atoms with van der Waals surface area (Å²) in [6.45, 7) is 0. The van der Waals surface area contributed by atoms with Crippen molar-refractivity contribution in [3.63, 3.8) is 0 Å². The third-order valence-electron chi connectivity index (χ3n) is 14.1. The van der Waals surface area contributed by atoms with Crippen molar-refractivity contribution < 1.29 is 9.47 Å². The van der Waals surface area contributed by atoms with E-state index in [9.17, 15) is 0 Å². The van der Waals surface area contributed by atoms with Gasteiger partial charge in [-0.15, -0.1) is 0 Å². The Morgan fingerprint density at radius 2 is 0.758 bits per heavy atom. The van der Waals surface area contributed by atoms with Crippen molar-refractivity contribution in [2.75, 3.05) is 0 Å². The van der Waals surface area contributed by atoms with Crippen molar-refractivity contribution in [3.05, 3.63) is 206 Å². The molecule has 0 saturated carbocycles. The SMILES string of the molecule is C1=CCCC(n2c3ccccc3c3cc(-n4c5ccccc5c5c6c(ccc54)Oc4c(ccc5c4c4ccccc4n5-c4ccc5c(c4)c4ccccc4n5-c4ccccc4)O6)ccc32)=C1. The predicted molar refractivity (Wildman–Crippen MR) is 272 cm³/mol. The lowest BCUT2D eigenvalue weighted by Crippen LogP contribution is -2.01. The molecule has 6 heteroatoms. The van der Waals surface area contributed by atoms with Gasteiger partial charge in [0.2, 0.25) is 0 Å². The number of benzene rings is 9. The number of nitrogens with zero attached hydrogens (tertiary/aromatic N) is 4. The summed E-state index contributed by atoms with van der Waals surface area (Å²) in [6.07, 6.45) is 8.76. The van der Waals surface area contributed by atoms with Gasteiger partial charge in [-0.05, 0) is 116 Å². The summed E-state index contributed by atoms with van der Waals surface area (Å²) in [5.41, 5.74) is 13.8. The van der Waals surface area contributed by atoms with Crippen LogP contribution in [0.15, 0.2) is 206 Å². The van der Waals surface area contributed by atoms with E-state index in [2.05, 4.69) is 225 Å². The van der Waals surface area contributed by atoms with Crippen LogP contribution in [0, 0.1) is 0 Å². The highest BCUT2D eigenvalue weighted by atomic mass is 16.6. The molecular weight excluding hydrogens is 809 g/mol. The first-order chi connectivity index (χ1) is 32.8. The van der Waals surface area contributed by atoms with Crippen LogP contribution in [-0.2, 0) is 0 Å². The number of para-hydroxylation sites is 5. The third-order valence-corrected chi connectivity index (χ3v) is 14.1. The van der Waals surface area contributed by atoms with Crippen LogP contribution in [0.2, 0.25) is 0 Å². The number of hydrogen-bond donors (Lipinski definition) is 0. The van der Waals surface area contributed by atoms with Gasteiger partial charge in [-0.2, -0.15) is 0 Å². The highest BCUT2D eigenvalue weighted by Crippen LogP contribution is 2.55. The lowest BCUT2D eigenvalue weighted by atomic mass is 10.1. The second-order valence-corrected chi connectivity index (χ2v) is 17.6. The van der Waals surface area contributed by atoms with Crippen LogP contribution in [-0.4, -0.2) is 18.3 Å². The number of ether oxygens (including phenoxy) is 2. The molecular formula is C60H38N4O2. The van der Waals surface area contributed by atoms with Gasteiger partial charge in [-0.3, -0.25) is 0 Å². The van der Waals surface area contributed by atoms with E-state index in [0.29, 0.717) is 11.5 Å². The number of allylic oxidation sites excluding steroid dienone is 4. The number of hydrogen-bond acceptors (Lipinski definition) is 2. The van der Waals surface area contributed by atoms with Gasteiger partial charge in [0.15, 0.2) is 23.0 Å². The Hall–Kier alpha value is -8.74. The molecule has 0 unspecified atom stereocenters. The van der Waals surface area contributed by atoms with Gasteiger partial charge in [-0.1, -0.05) is 103 Å². The maximum absolute atomic E-state index is 7.10. The van der Waals surface area contributed by atoms with Crippen LogP contribution in [0.3, 0.4) is 0 Å². The van der Waals surface area contributed by atoms with Gasteiger partial charge in [0.05, 0.1) is 54.9 Å². The van der Waals surface area contributed by atoms with Gasteiger partial charge < -0.3 is 27.7 Å². The molecule has 1 aliphatic carbocycles. The van der Waals surface area contributed by atoms with Crippen molar-refractivity contribution in [1.82, 2.24) is 18.3 Å². The fourth-order valence-electron chi connectivity index (χ4n) is 11.3. The molecule has 13 aromatic rings. The molecule has 310 valence electrons. The maximum atomic E-state index is 7.10. The number of fused-ring (bicyclic) bond motifs is 16. The molecule has 66 heavy (non-hydrogen) atoms. The molecule has 0 atom stereocenters. The van der Waals surface area contributed by atoms with E-state index >= 15 is 0 Å². The van der Waals surface area contributed by atoms with Crippen molar-refractivity contribution in [2.45, 2.75) is 12.8 Å². The van der Waals surface area contributed by atoms with E-state index < -0.39 is 0 Å². The summed E-state index contributed by atoms with van der Waals surface area (Å²) in [6, 6.07) is 67.7. The smallest absolute Gasteiger partial charge is 0.180 e. The molecule has 0 saturated heterocycles. The average Bonchev–Trinajstić information content (AvgIpc) is 4.11. The molecule has 2 aliphatic rings. The van der Waals surface area contributed by atoms with E-state index in [0.717, 1.165) is 85.0 Å². The van der Waals surface area contributed by atoms with Crippen LogP contribution in [0.5, 0.6) is 23.0 Å². The molecule has 4 aromatic heterocycles. The lowest BCUT2D eigenvalue weighted by molar-refractivity contribution is 0.367. The Morgan fingerprint density at radius 1 is 0.333 bits per heavy atom. The van der Waals surface area contributed by atoms with Crippen molar-refractivity contribution in [1.29, 1.82) is 0 Å². The quantitative estimate of drug-likeness (QED) is 0.177. The highest BCUT2D eigenvalue weighted by molar-refractivity contribution is 6.17. The Balaban J connectivity index is 0.892. The first-order valence-corrected chi connectivity index (χ1v) is 22.7. The maximum Gasteiger partial charge on any atom is 0.180 e. The Morgan fingerprint density at radius 3 is 1.29 bits per heavy atom. The fraction of sp³-hybridized carbons (Fsp3) is 0.0333. The van der Waals surface area contributed by atoms with E-state index in [4.69, 9.17) is 9.47 Å². The summed E-state index contributed by atoms with van der Waals surface area (Å²) < 4.78 is 23.8. The molecule has 1 aliphatic heterocycles. The van der Waals surface area contributed by atoms with E-state index in [1.165, 1.54) is 49.3 Å². The summed E-state index contributed by atoms with van der Waals surface area (Å²) in [5, 5.41) is 9.17. The van der Waals surface area contributed by atoms with E-state index in [1.807, 2.05) is 0 Å². The van der Waals surface area contributed by atoms with Crippen molar-refractivity contribution >= 4 is 92.9 Å². The Kier molecular flexibility index (Phi) is 7.24. The lowest BCUT2D eigenvalue weighted by Gasteiger charge is -2.22. The zero-order valence-electron chi connectivity index (χ0n) is 35.6. The highest BCUT2D eigenvalue weighted by Gasteiger charge is 2.29. The molecule has 6 nitrogen and oxygen atoms in total. The second-order valence-electron chi connectivity index (χ2n) is 17.6. The fourth-order valence-corrected chi connectivity index (χ4v) is 11.3. The normalized spacial score (nSPS) is 13.6. The third kappa shape index (κ3) is 4.84. The number of rotatable bonds is 4. The second kappa shape index (κ2) is 13.4. The van der Waals surface area contributed by atoms with Gasteiger partial charge >= 0.3 is 0 Å². The molecule has 0 N–H and O–H groups in total. The largest absolute Gasteiger partial charge is 0.449 e. The molecule has 0 bridgehead atoms. The zero-order valence-corrected chi connectivity index (χ0v) is 35.6. The van der Waals surface area contributed by atoms with Crippen molar-refractivity contribution in [3.8, 4) is 40.1 Å². The van der Waals surface area contributed by atoms with Crippen LogP contribution in [0.1, 0.15) is 12.8 Å². The monoisotopic (exact) mass is 846 g/mol. The molecule has 15 rings (SSSR count). The van der Waals surface area contributed by atoms with Gasteiger partial charge in [0, 0.05) is 55.1 Å². The predicted octanol–water partition coefficient (Wildman–Crippen LogP) is 16.2. The summed E-state index contributed by atoms with van der Waals surface area (Å²) in [4.78, 5) is 0. The number of aromatic nitrogens is 4. The molecule has 0 spiro atoms. The first-order valence-electron chi connectivity index (χ1n) is 22.7. The molecule has 9 aromatic carbocycles. The van der Waals surface area contributed by atoms with Crippen LogP contribution >= 0.6 is 0 Å². The van der Waals surface area contributed by atoms with Gasteiger partial charge in [0.1, 0.15) is 0 Å². The van der Waals surface area contributed by atoms with Crippen LogP contribution in [0.4, 0.5) is 0 Å². The van der Waals surface area contributed by atoms with Gasteiger partial charge in [0.25, 0.3) is 0 Å². The summed E-state index contributed by atoms with van der Waals surface area (Å²) >= 11 is 0. The topological polar surface area (TPSA) is 38.2 Å². The van der Waals surface area contributed by atoms with Crippen LogP contribution in [0.25, 0.3) is 110 Å². The molecule has 0 amide bonds. The molecule has 5 heterocycles.